The van der Waals surface area contributed by atoms with Gasteiger partial charge in [0.2, 0.25) is 0 Å². The Hall–Kier alpha value is -3.86. The predicted molar refractivity (Wildman–Crippen MR) is 132 cm³/mol. The first-order valence-corrected chi connectivity index (χ1v) is 11.9. The lowest BCUT2D eigenvalue weighted by Crippen LogP contribution is -2.44. The summed E-state index contributed by atoms with van der Waals surface area (Å²) in [7, 11) is 0. The number of rotatable bonds is 2. The zero-order chi connectivity index (χ0) is 25.2. The largest absolute Gasteiger partial charge is 0.384 e. The molecule has 0 saturated carbocycles. The van der Waals surface area contributed by atoms with E-state index in [4.69, 9.17) is 17.2 Å². The first kappa shape index (κ1) is 22.6. The van der Waals surface area contributed by atoms with Gasteiger partial charge in [-0.05, 0) is 47.9 Å². The van der Waals surface area contributed by atoms with Gasteiger partial charge in [0.15, 0.2) is 11.5 Å². The summed E-state index contributed by atoms with van der Waals surface area (Å²) in [6.45, 7) is 0.584. The number of pyridine rings is 1. The summed E-state index contributed by atoms with van der Waals surface area (Å²) in [5, 5.41) is 0. The Morgan fingerprint density at radius 2 is 1.81 bits per heavy atom. The Bertz CT molecular complexity index is 1370. The molecule has 1 amide bonds. The van der Waals surface area contributed by atoms with Gasteiger partial charge in [-0.2, -0.15) is 8.78 Å². The Kier molecular flexibility index (Phi) is 4.91. The number of halogens is 2. The maximum atomic E-state index is 14.5. The lowest BCUT2D eigenvalue weighted by Gasteiger charge is -2.42. The Morgan fingerprint density at radius 3 is 2.53 bits per heavy atom. The van der Waals surface area contributed by atoms with E-state index in [1.54, 1.807) is 0 Å². The first-order chi connectivity index (χ1) is 17.2. The number of carbonyl (C=O) groups is 1. The lowest BCUT2D eigenvalue weighted by atomic mass is 9.73. The molecule has 4 heterocycles. The number of carbonyl (C=O) groups excluding carboxylic acids is 1. The number of amides is 1. The second-order valence-corrected chi connectivity index (χ2v) is 9.86. The average Bonchev–Trinajstić information content (AvgIpc) is 3.29. The standard InChI is InChI=1S/C25H26F2N8O/c26-25(27)13-35(16-5-6-17(28)32-21(16)25)23(36)19-22(30)33-18(12-31-19)34-9-7-24(8-10-34)11-14-3-1-2-4-15(14)20(24)29/h1-6,12,20H,7-11,13,29H2,(H2,28,32)(H2,30,33). The number of anilines is 4. The van der Waals surface area contributed by atoms with E-state index in [0.29, 0.717) is 5.82 Å². The van der Waals surface area contributed by atoms with Gasteiger partial charge in [0.05, 0.1) is 18.4 Å². The van der Waals surface area contributed by atoms with Gasteiger partial charge in [-0.1, -0.05) is 24.3 Å². The van der Waals surface area contributed by atoms with Gasteiger partial charge in [-0.3, -0.25) is 9.69 Å². The molecule has 1 spiro atoms. The van der Waals surface area contributed by atoms with Crippen LogP contribution in [0.25, 0.3) is 0 Å². The highest BCUT2D eigenvalue weighted by Crippen LogP contribution is 2.51. The number of nitrogens with zero attached hydrogens (tertiary/aromatic N) is 5. The van der Waals surface area contributed by atoms with Crippen LogP contribution < -0.4 is 27.0 Å². The molecular weight excluding hydrogens is 466 g/mol. The molecule has 11 heteroatoms. The van der Waals surface area contributed by atoms with E-state index in [1.165, 1.54) is 29.5 Å². The third-order valence-corrected chi connectivity index (χ3v) is 7.80. The normalized spacial score (nSPS) is 21.5. The van der Waals surface area contributed by atoms with Crippen molar-refractivity contribution in [3.8, 4) is 0 Å². The van der Waals surface area contributed by atoms with Gasteiger partial charge in [-0.15, -0.1) is 0 Å². The van der Waals surface area contributed by atoms with E-state index < -0.39 is 24.1 Å². The van der Waals surface area contributed by atoms with E-state index in [0.717, 1.165) is 37.3 Å². The first-order valence-electron chi connectivity index (χ1n) is 11.9. The van der Waals surface area contributed by atoms with Crippen LogP contribution in [0.4, 0.5) is 31.9 Å². The summed E-state index contributed by atoms with van der Waals surface area (Å²) >= 11 is 0. The highest BCUT2D eigenvalue weighted by atomic mass is 19.3. The third kappa shape index (κ3) is 3.37. The van der Waals surface area contributed by atoms with Crippen LogP contribution >= 0.6 is 0 Å². The monoisotopic (exact) mass is 492 g/mol. The molecule has 3 aromatic rings. The number of piperidine rings is 1. The van der Waals surface area contributed by atoms with E-state index >= 15 is 0 Å². The second-order valence-electron chi connectivity index (χ2n) is 9.86. The molecule has 0 bridgehead atoms. The lowest BCUT2D eigenvalue weighted by molar-refractivity contribution is 0.00983. The van der Waals surface area contributed by atoms with Crippen LogP contribution in [0.2, 0.25) is 0 Å². The smallest absolute Gasteiger partial charge is 0.309 e. The van der Waals surface area contributed by atoms with Crippen molar-refractivity contribution in [2.45, 2.75) is 31.2 Å². The zero-order valence-electron chi connectivity index (χ0n) is 19.5. The van der Waals surface area contributed by atoms with Gasteiger partial charge in [0.1, 0.15) is 17.3 Å². The van der Waals surface area contributed by atoms with Crippen LogP contribution in [-0.4, -0.2) is 40.5 Å². The summed E-state index contributed by atoms with van der Waals surface area (Å²) in [6.07, 6.45) is 4.21. The minimum atomic E-state index is -3.33. The SMILES string of the molecule is Nc1ccc2c(n1)C(F)(F)CN2C(=O)c1ncc(N2CCC3(CC2)Cc2ccccc2C3N)nc1N. The fourth-order valence-corrected chi connectivity index (χ4v) is 5.82. The number of nitrogen functional groups attached to an aromatic ring is 2. The number of alkyl halides is 2. The van der Waals surface area contributed by atoms with Crippen molar-refractivity contribution < 1.29 is 13.6 Å². The summed E-state index contributed by atoms with van der Waals surface area (Å²) in [5.41, 5.74) is 20.2. The fourth-order valence-electron chi connectivity index (χ4n) is 5.82. The molecule has 2 aliphatic heterocycles. The van der Waals surface area contributed by atoms with Crippen molar-refractivity contribution in [3.05, 3.63) is 65.1 Å². The average molecular weight is 493 g/mol. The van der Waals surface area contributed by atoms with E-state index in [1.807, 2.05) is 6.07 Å². The van der Waals surface area contributed by atoms with Crippen molar-refractivity contribution in [3.63, 3.8) is 0 Å². The molecule has 3 aliphatic rings. The van der Waals surface area contributed by atoms with Gasteiger partial charge >= 0.3 is 5.92 Å². The quantitative estimate of drug-likeness (QED) is 0.496. The molecule has 9 nitrogen and oxygen atoms in total. The molecule has 36 heavy (non-hydrogen) atoms. The van der Waals surface area contributed by atoms with Gasteiger partial charge < -0.3 is 22.1 Å². The van der Waals surface area contributed by atoms with Crippen molar-refractivity contribution in [2.75, 3.05) is 40.9 Å². The maximum Gasteiger partial charge on any atom is 0.309 e. The molecule has 1 aliphatic carbocycles. The number of fused-ring (bicyclic) bond motifs is 2. The fraction of sp³-hybridized carbons (Fsp3) is 0.360. The molecule has 1 saturated heterocycles. The van der Waals surface area contributed by atoms with Gasteiger partial charge in [0.25, 0.3) is 5.91 Å². The summed E-state index contributed by atoms with van der Waals surface area (Å²) in [4.78, 5) is 28.5. The van der Waals surface area contributed by atoms with E-state index in [9.17, 15) is 13.6 Å². The van der Waals surface area contributed by atoms with Gasteiger partial charge in [-0.25, -0.2) is 15.0 Å². The van der Waals surface area contributed by atoms with Crippen LogP contribution in [0.5, 0.6) is 0 Å². The summed E-state index contributed by atoms with van der Waals surface area (Å²) in [6, 6.07) is 11.1. The molecule has 1 fully saturated rings. The van der Waals surface area contributed by atoms with Crippen LogP contribution in [-0.2, 0) is 12.3 Å². The second kappa shape index (κ2) is 7.82. The number of nitrogens with two attached hydrogens (primary N) is 3. The van der Waals surface area contributed by atoms with Crippen molar-refractivity contribution in [1.82, 2.24) is 15.0 Å². The van der Waals surface area contributed by atoms with Gasteiger partial charge in [0, 0.05) is 19.1 Å². The van der Waals surface area contributed by atoms with Crippen molar-refractivity contribution in [2.24, 2.45) is 11.1 Å². The van der Waals surface area contributed by atoms with Crippen LogP contribution in [0.1, 0.15) is 46.2 Å². The molecular formula is C25H26F2N8O. The Morgan fingerprint density at radius 1 is 1.06 bits per heavy atom. The minimum absolute atomic E-state index is 0.00157. The van der Waals surface area contributed by atoms with Crippen LogP contribution in [0.3, 0.4) is 0 Å². The van der Waals surface area contributed by atoms with Crippen LogP contribution in [0.15, 0.2) is 42.6 Å². The highest BCUT2D eigenvalue weighted by Gasteiger charge is 2.49. The Balaban J connectivity index is 1.19. The van der Waals surface area contributed by atoms with E-state index in [2.05, 4.69) is 38.1 Å². The molecule has 186 valence electrons. The molecule has 2 aromatic heterocycles. The maximum absolute atomic E-state index is 14.5. The number of aromatic nitrogens is 3. The molecule has 1 aromatic carbocycles. The minimum Gasteiger partial charge on any atom is -0.384 e. The molecule has 0 radical (unpaired) electrons. The highest BCUT2D eigenvalue weighted by molar-refractivity contribution is 6.08. The number of hydrogen-bond acceptors (Lipinski definition) is 8. The molecule has 1 atom stereocenters. The molecule has 6 rings (SSSR count). The Labute approximate surface area is 206 Å². The molecule has 1 unspecified atom stereocenters. The number of benzene rings is 1. The van der Waals surface area contributed by atoms with Crippen molar-refractivity contribution in [1.29, 1.82) is 0 Å². The summed E-state index contributed by atoms with van der Waals surface area (Å²) in [5.74, 6) is -3.69. The molecule has 6 N–H and O–H groups in total. The zero-order valence-corrected chi connectivity index (χ0v) is 19.5. The van der Waals surface area contributed by atoms with Crippen LogP contribution in [0, 0.1) is 5.41 Å². The summed E-state index contributed by atoms with van der Waals surface area (Å²) < 4.78 is 29.0. The van der Waals surface area contributed by atoms with Crippen molar-refractivity contribution >= 4 is 29.0 Å². The third-order valence-electron chi connectivity index (χ3n) is 7.80. The topological polar surface area (TPSA) is 140 Å². The van der Waals surface area contributed by atoms with E-state index in [-0.39, 0.29) is 34.5 Å². The predicted octanol–water partition coefficient (Wildman–Crippen LogP) is 2.63. The number of hydrogen-bond donors (Lipinski definition) is 3.